The molecule has 2 aliphatic rings. The Kier molecular flexibility index (Phi) is 17.1. The van der Waals surface area contributed by atoms with Crippen LogP contribution in [-0.2, 0) is 20.9 Å². The minimum Gasteiger partial charge on any atom is -0.395 e. The molecule has 1 unspecified atom stereocenters. The van der Waals surface area contributed by atoms with E-state index in [9.17, 15) is 15.0 Å². The van der Waals surface area contributed by atoms with E-state index in [0.717, 1.165) is 60.2 Å². The number of carbonyl (C=O) groups is 1. The number of hydrogen-bond donors (Lipinski definition) is 3. The van der Waals surface area contributed by atoms with Crippen molar-refractivity contribution in [3.05, 3.63) is 101 Å². The second-order valence-corrected chi connectivity index (χ2v) is 15.0. The lowest BCUT2D eigenvalue weighted by atomic mass is 9.83. The number of ether oxygens (including phenoxy) is 2. The van der Waals surface area contributed by atoms with E-state index in [1.165, 1.54) is 70.6 Å². The maximum atomic E-state index is 13.0. The van der Waals surface area contributed by atoms with Gasteiger partial charge in [0, 0.05) is 36.2 Å². The van der Waals surface area contributed by atoms with Crippen molar-refractivity contribution in [1.82, 2.24) is 4.90 Å². The van der Waals surface area contributed by atoms with E-state index < -0.39 is 6.29 Å². The Hall–Kier alpha value is -3.07. The van der Waals surface area contributed by atoms with E-state index in [2.05, 4.69) is 41.4 Å². The van der Waals surface area contributed by atoms with Gasteiger partial charge in [0.2, 0.25) is 5.91 Å². The molecule has 2 saturated heterocycles. The fourth-order valence-corrected chi connectivity index (χ4v) is 8.03. The number of carbonyl (C=O) groups excluding carboxylic acids is 1. The van der Waals surface area contributed by atoms with E-state index in [4.69, 9.17) is 9.47 Å². The van der Waals surface area contributed by atoms with Crippen LogP contribution in [0.25, 0.3) is 0 Å². The molecular formula is C45H64N2O5. The molecule has 284 valence electrons. The Labute approximate surface area is 313 Å². The predicted molar refractivity (Wildman–Crippen MR) is 210 cm³/mol. The number of anilines is 1. The SMILES string of the molecule is CCCCCCCCCCCCCCCC(=O)Nc1cccc(C2O[C@H](CN3CCC[C@H]3CO)[C@@H](c3ccccc3)[C@H](c3ccc(CO)cc3)O2)c1. The van der Waals surface area contributed by atoms with Crippen molar-refractivity contribution in [1.29, 1.82) is 0 Å². The number of nitrogens with one attached hydrogen (secondary N) is 1. The highest BCUT2D eigenvalue weighted by Crippen LogP contribution is 2.47. The van der Waals surface area contributed by atoms with Crippen molar-refractivity contribution in [2.45, 2.75) is 147 Å². The first-order valence-electron chi connectivity index (χ1n) is 20.4. The van der Waals surface area contributed by atoms with Crippen molar-refractivity contribution < 1.29 is 24.5 Å². The number of amides is 1. The number of aliphatic hydroxyl groups excluding tert-OH is 2. The third-order valence-electron chi connectivity index (χ3n) is 11.0. The summed E-state index contributed by atoms with van der Waals surface area (Å²) in [5.41, 5.74) is 4.61. The smallest absolute Gasteiger partial charge is 0.224 e. The summed E-state index contributed by atoms with van der Waals surface area (Å²) < 4.78 is 13.8. The van der Waals surface area contributed by atoms with Crippen molar-refractivity contribution in [3.63, 3.8) is 0 Å². The summed E-state index contributed by atoms with van der Waals surface area (Å²) in [6.07, 6.45) is 18.1. The first kappa shape index (κ1) is 40.1. The topological polar surface area (TPSA) is 91.3 Å². The summed E-state index contributed by atoms with van der Waals surface area (Å²) in [5, 5.41) is 23.0. The van der Waals surface area contributed by atoms with Crippen LogP contribution < -0.4 is 5.32 Å². The van der Waals surface area contributed by atoms with Crippen molar-refractivity contribution in [2.75, 3.05) is 25.0 Å². The average Bonchev–Trinajstić information content (AvgIpc) is 3.64. The molecule has 2 heterocycles. The van der Waals surface area contributed by atoms with Crippen LogP contribution in [0.15, 0.2) is 78.9 Å². The second kappa shape index (κ2) is 22.2. The fraction of sp³-hybridized carbons (Fsp3) is 0.578. The summed E-state index contributed by atoms with van der Waals surface area (Å²) >= 11 is 0. The Balaban J connectivity index is 1.20. The van der Waals surface area contributed by atoms with Crippen molar-refractivity contribution >= 4 is 11.6 Å². The third-order valence-corrected chi connectivity index (χ3v) is 11.0. The Bertz CT molecular complexity index is 1430. The highest BCUT2D eigenvalue weighted by molar-refractivity contribution is 5.90. The van der Waals surface area contributed by atoms with Crippen molar-refractivity contribution in [3.8, 4) is 0 Å². The first-order chi connectivity index (χ1) is 25.6. The summed E-state index contributed by atoms with van der Waals surface area (Å²) in [7, 11) is 0. The van der Waals surface area contributed by atoms with E-state index in [1.807, 2.05) is 54.6 Å². The van der Waals surface area contributed by atoms with Gasteiger partial charge < -0.3 is 25.0 Å². The van der Waals surface area contributed by atoms with Crippen LogP contribution in [0.4, 0.5) is 5.69 Å². The molecule has 2 fully saturated rings. The molecule has 2 aliphatic heterocycles. The van der Waals surface area contributed by atoms with Gasteiger partial charge in [0.1, 0.15) is 0 Å². The quantitative estimate of drug-likeness (QED) is 0.0899. The van der Waals surface area contributed by atoms with E-state index in [-0.39, 0.29) is 43.3 Å². The van der Waals surface area contributed by atoms with Crippen LogP contribution in [0.2, 0.25) is 0 Å². The van der Waals surface area contributed by atoms with Gasteiger partial charge in [-0.2, -0.15) is 0 Å². The van der Waals surface area contributed by atoms with Crippen LogP contribution in [0, 0.1) is 0 Å². The zero-order chi connectivity index (χ0) is 36.4. The standard InChI is InChI=1S/C45H64N2O5/c1-2-3-4-5-6-7-8-9-10-11-12-13-17-25-42(50)46-39-23-18-22-38(31-39)45-51-41(32-47-30-19-24-40(47)34-49)43(36-20-15-14-16-21-36)44(52-45)37-28-26-35(33-48)27-29-37/h14-16,18,20-23,26-29,31,40-41,43-45,48-49H,2-13,17,19,24-25,30,32-34H2,1H3,(H,46,50)/t40-,41+,43+,44-,45?/m0/s1. The fourth-order valence-electron chi connectivity index (χ4n) is 8.03. The number of hydrogen-bond acceptors (Lipinski definition) is 6. The number of likely N-dealkylation sites (tertiary alicyclic amines) is 1. The molecule has 0 spiro atoms. The van der Waals surface area contributed by atoms with Crippen LogP contribution in [-0.4, -0.2) is 52.9 Å². The summed E-state index contributed by atoms with van der Waals surface area (Å²) in [6.45, 7) is 3.99. The molecule has 3 aromatic rings. The van der Waals surface area contributed by atoms with Gasteiger partial charge in [0.05, 0.1) is 25.4 Å². The van der Waals surface area contributed by atoms with E-state index >= 15 is 0 Å². The number of nitrogens with zero attached hydrogens (tertiary/aromatic N) is 1. The molecular weight excluding hydrogens is 649 g/mol. The van der Waals surface area contributed by atoms with Crippen LogP contribution in [0.5, 0.6) is 0 Å². The normalized spacial score (nSPS) is 22.1. The Morgan fingerprint density at radius 1 is 0.750 bits per heavy atom. The van der Waals surface area contributed by atoms with Gasteiger partial charge >= 0.3 is 0 Å². The lowest BCUT2D eigenvalue weighted by Crippen LogP contribution is -2.46. The Morgan fingerprint density at radius 2 is 1.40 bits per heavy atom. The van der Waals surface area contributed by atoms with Gasteiger partial charge in [0.25, 0.3) is 0 Å². The number of rotatable bonds is 22. The molecule has 0 aliphatic carbocycles. The Morgan fingerprint density at radius 3 is 2.06 bits per heavy atom. The molecule has 0 bridgehead atoms. The summed E-state index contributed by atoms with van der Waals surface area (Å²) in [6, 6.07) is 26.4. The minimum atomic E-state index is -0.652. The average molecular weight is 713 g/mol. The molecule has 0 saturated carbocycles. The molecule has 0 aromatic heterocycles. The first-order valence-corrected chi connectivity index (χ1v) is 20.4. The molecule has 3 aromatic carbocycles. The van der Waals surface area contributed by atoms with Gasteiger partial charge in [-0.25, -0.2) is 0 Å². The molecule has 5 atom stereocenters. The predicted octanol–water partition coefficient (Wildman–Crippen LogP) is 9.99. The van der Waals surface area contributed by atoms with Crippen molar-refractivity contribution in [2.24, 2.45) is 0 Å². The maximum absolute atomic E-state index is 13.0. The van der Waals surface area contributed by atoms with Crippen LogP contribution >= 0.6 is 0 Å². The van der Waals surface area contributed by atoms with E-state index in [1.54, 1.807) is 0 Å². The van der Waals surface area contributed by atoms with Gasteiger partial charge in [0.15, 0.2) is 6.29 Å². The maximum Gasteiger partial charge on any atom is 0.224 e. The van der Waals surface area contributed by atoms with Crippen LogP contribution in [0.3, 0.4) is 0 Å². The third kappa shape index (κ3) is 12.2. The molecule has 5 rings (SSSR count). The highest BCUT2D eigenvalue weighted by Gasteiger charge is 2.43. The molecule has 52 heavy (non-hydrogen) atoms. The van der Waals surface area contributed by atoms with Gasteiger partial charge in [-0.05, 0) is 54.6 Å². The molecule has 7 nitrogen and oxygen atoms in total. The summed E-state index contributed by atoms with van der Waals surface area (Å²) in [4.78, 5) is 15.3. The monoisotopic (exact) mass is 712 g/mol. The van der Waals surface area contributed by atoms with Crippen LogP contribution in [0.1, 0.15) is 150 Å². The van der Waals surface area contributed by atoms with E-state index in [0.29, 0.717) is 13.0 Å². The number of benzene rings is 3. The lowest BCUT2D eigenvalue weighted by molar-refractivity contribution is -0.264. The molecule has 3 N–H and O–H groups in total. The van der Waals surface area contributed by atoms with Gasteiger partial charge in [-0.3, -0.25) is 9.69 Å². The van der Waals surface area contributed by atoms with Gasteiger partial charge in [-0.15, -0.1) is 0 Å². The second-order valence-electron chi connectivity index (χ2n) is 15.0. The highest BCUT2D eigenvalue weighted by atomic mass is 16.7. The summed E-state index contributed by atoms with van der Waals surface area (Å²) in [5.74, 6) is -0.0563. The number of unbranched alkanes of at least 4 members (excludes halogenated alkanes) is 12. The lowest BCUT2D eigenvalue weighted by Gasteiger charge is -2.44. The molecule has 0 radical (unpaired) electrons. The molecule has 7 heteroatoms. The zero-order valence-electron chi connectivity index (χ0n) is 31.6. The zero-order valence-corrected chi connectivity index (χ0v) is 31.6. The van der Waals surface area contributed by atoms with Gasteiger partial charge in [-0.1, -0.05) is 151 Å². The molecule has 1 amide bonds. The number of aliphatic hydroxyl groups is 2. The minimum absolute atomic E-state index is 0.0162. The largest absolute Gasteiger partial charge is 0.395 e.